The van der Waals surface area contributed by atoms with Crippen LogP contribution in [-0.2, 0) is 0 Å². The third-order valence-corrected chi connectivity index (χ3v) is 4.96. The van der Waals surface area contributed by atoms with Crippen molar-refractivity contribution in [2.75, 3.05) is 0 Å². The summed E-state index contributed by atoms with van der Waals surface area (Å²) in [4.78, 5) is 0. The quantitative estimate of drug-likeness (QED) is 0.858. The molecule has 0 amide bonds. The molecule has 108 valence electrons. The molecule has 1 heterocycles. The topological polar surface area (TPSA) is 25.2 Å². The molecular formula is C18H25NO. The van der Waals surface area contributed by atoms with Gasteiger partial charge in [0.15, 0.2) is 0 Å². The maximum Gasteiger partial charge on any atom is 0.134 e. The molecule has 1 N–H and O–H groups in total. The Morgan fingerprint density at radius 3 is 2.70 bits per heavy atom. The zero-order valence-corrected chi connectivity index (χ0v) is 12.7. The van der Waals surface area contributed by atoms with Crippen LogP contribution in [0, 0.1) is 11.8 Å². The Morgan fingerprint density at radius 2 is 1.95 bits per heavy atom. The van der Waals surface area contributed by atoms with E-state index in [1.165, 1.54) is 24.6 Å². The first-order valence-corrected chi connectivity index (χ1v) is 7.88. The molecule has 2 heteroatoms. The van der Waals surface area contributed by atoms with Gasteiger partial charge in [-0.25, -0.2) is 0 Å². The molecule has 0 saturated heterocycles. The van der Waals surface area contributed by atoms with Gasteiger partial charge < -0.3 is 9.73 Å². The molecule has 20 heavy (non-hydrogen) atoms. The zero-order chi connectivity index (χ0) is 14.1. The number of hydrogen-bond donors (Lipinski definition) is 1. The molecule has 1 aromatic carbocycles. The van der Waals surface area contributed by atoms with E-state index in [9.17, 15) is 0 Å². The van der Waals surface area contributed by atoms with Crippen molar-refractivity contribution in [3.8, 4) is 0 Å². The third kappa shape index (κ3) is 2.76. The number of furan rings is 1. The predicted octanol–water partition coefficient (Wildman–Crippen LogP) is 4.91. The summed E-state index contributed by atoms with van der Waals surface area (Å²) >= 11 is 0. The average molecular weight is 271 g/mol. The molecule has 4 unspecified atom stereocenters. The van der Waals surface area contributed by atoms with E-state index < -0.39 is 0 Å². The maximum absolute atomic E-state index is 5.96. The van der Waals surface area contributed by atoms with E-state index in [4.69, 9.17) is 4.42 Å². The molecule has 1 aliphatic carbocycles. The lowest BCUT2D eigenvalue weighted by Crippen LogP contribution is -2.37. The van der Waals surface area contributed by atoms with Crippen molar-refractivity contribution < 1.29 is 4.42 Å². The molecule has 1 aliphatic rings. The molecule has 1 saturated carbocycles. The summed E-state index contributed by atoms with van der Waals surface area (Å²) < 4.78 is 5.96. The Hall–Kier alpha value is -1.28. The van der Waals surface area contributed by atoms with Gasteiger partial charge in [0, 0.05) is 11.4 Å². The highest BCUT2D eigenvalue weighted by Gasteiger charge is 2.26. The summed E-state index contributed by atoms with van der Waals surface area (Å²) in [6.45, 7) is 6.97. The second kappa shape index (κ2) is 5.61. The molecule has 0 spiro atoms. The van der Waals surface area contributed by atoms with Gasteiger partial charge in [-0.3, -0.25) is 0 Å². The largest absolute Gasteiger partial charge is 0.459 e. The van der Waals surface area contributed by atoms with Crippen LogP contribution >= 0.6 is 0 Å². The lowest BCUT2D eigenvalue weighted by molar-refractivity contribution is 0.213. The summed E-state index contributed by atoms with van der Waals surface area (Å²) in [5, 5.41) is 4.95. The molecule has 0 aliphatic heterocycles. The maximum atomic E-state index is 5.96. The fourth-order valence-corrected chi connectivity index (χ4v) is 3.35. The van der Waals surface area contributed by atoms with Crippen molar-refractivity contribution in [2.24, 2.45) is 11.8 Å². The van der Waals surface area contributed by atoms with E-state index in [-0.39, 0.29) is 6.04 Å². The van der Waals surface area contributed by atoms with Crippen LogP contribution in [0.3, 0.4) is 0 Å². The minimum Gasteiger partial charge on any atom is -0.459 e. The van der Waals surface area contributed by atoms with E-state index in [1.54, 1.807) is 0 Å². The molecular weight excluding hydrogens is 246 g/mol. The molecule has 0 bridgehead atoms. The first-order valence-electron chi connectivity index (χ1n) is 7.88. The lowest BCUT2D eigenvalue weighted by Gasteiger charge is -2.34. The van der Waals surface area contributed by atoms with Gasteiger partial charge in [-0.1, -0.05) is 32.0 Å². The summed E-state index contributed by atoms with van der Waals surface area (Å²) in [6.07, 6.45) is 3.91. The lowest BCUT2D eigenvalue weighted by atomic mass is 9.79. The van der Waals surface area contributed by atoms with Crippen molar-refractivity contribution in [1.29, 1.82) is 0 Å². The number of benzene rings is 1. The van der Waals surface area contributed by atoms with Crippen LogP contribution in [0.15, 0.2) is 34.7 Å². The van der Waals surface area contributed by atoms with Gasteiger partial charge in [0.2, 0.25) is 0 Å². The molecule has 4 atom stereocenters. The van der Waals surface area contributed by atoms with E-state index in [0.29, 0.717) is 6.04 Å². The average Bonchev–Trinajstić information content (AvgIpc) is 2.87. The monoisotopic (exact) mass is 271 g/mol. The standard InChI is InChI=1S/C18H25NO/c1-12-8-9-16(10-13(12)2)19-14(3)18-11-15-6-4-5-7-17(15)20-18/h4-7,11-14,16,19H,8-10H2,1-3H3. The Labute approximate surface area is 121 Å². The van der Waals surface area contributed by atoms with Crippen LogP contribution in [0.2, 0.25) is 0 Å². The van der Waals surface area contributed by atoms with E-state index in [0.717, 1.165) is 23.2 Å². The first-order chi connectivity index (χ1) is 9.63. The zero-order valence-electron chi connectivity index (χ0n) is 12.7. The molecule has 1 fully saturated rings. The summed E-state index contributed by atoms with van der Waals surface area (Å²) in [5.74, 6) is 2.75. The molecule has 2 aromatic rings. The normalized spacial score (nSPS) is 28.6. The minimum atomic E-state index is 0.285. The van der Waals surface area contributed by atoms with Crippen molar-refractivity contribution in [2.45, 2.75) is 52.1 Å². The van der Waals surface area contributed by atoms with Crippen molar-refractivity contribution in [3.05, 3.63) is 36.1 Å². The van der Waals surface area contributed by atoms with Crippen LogP contribution in [0.4, 0.5) is 0 Å². The molecule has 0 radical (unpaired) electrons. The SMILES string of the molecule is CC(NC1CCC(C)C(C)C1)c1cc2ccccc2o1. The van der Waals surface area contributed by atoms with Crippen LogP contribution in [-0.4, -0.2) is 6.04 Å². The third-order valence-electron chi connectivity index (χ3n) is 4.96. The van der Waals surface area contributed by atoms with Crippen molar-refractivity contribution in [1.82, 2.24) is 5.32 Å². The number of rotatable bonds is 3. The van der Waals surface area contributed by atoms with Gasteiger partial charge in [0.1, 0.15) is 11.3 Å². The van der Waals surface area contributed by atoms with Crippen LogP contribution in [0.25, 0.3) is 11.0 Å². The summed E-state index contributed by atoms with van der Waals surface area (Å²) in [7, 11) is 0. The number of nitrogens with one attached hydrogen (secondary N) is 1. The first kappa shape index (κ1) is 13.7. The number of para-hydroxylation sites is 1. The van der Waals surface area contributed by atoms with Gasteiger partial charge >= 0.3 is 0 Å². The highest BCUT2D eigenvalue weighted by Crippen LogP contribution is 2.31. The Kier molecular flexibility index (Phi) is 3.84. The van der Waals surface area contributed by atoms with E-state index in [2.05, 4.69) is 44.3 Å². The van der Waals surface area contributed by atoms with Gasteiger partial charge in [-0.15, -0.1) is 0 Å². The summed E-state index contributed by atoms with van der Waals surface area (Å²) in [6, 6.07) is 11.3. The highest BCUT2D eigenvalue weighted by molar-refractivity contribution is 5.77. The van der Waals surface area contributed by atoms with Gasteiger partial charge in [0.05, 0.1) is 6.04 Å². The van der Waals surface area contributed by atoms with Gasteiger partial charge in [-0.05, 0) is 50.2 Å². The Balaban J connectivity index is 1.68. The Bertz CT molecular complexity index is 541. The number of hydrogen-bond acceptors (Lipinski definition) is 2. The second-order valence-corrected chi connectivity index (χ2v) is 6.54. The van der Waals surface area contributed by atoms with Crippen LogP contribution in [0.1, 0.15) is 51.8 Å². The van der Waals surface area contributed by atoms with Crippen molar-refractivity contribution in [3.63, 3.8) is 0 Å². The fourth-order valence-electron chi connectivity index (χ4n) is 3.35. The Morgan fingerprint density at radius 1 is 1.15 bits per heavy atom. The van der Waals surface area contributed by atoms with Crippen LogP contribution < -0.4 is 5.32 Å². The second-order valence-electron chi connectivity index (χ2n) is 6.54. The molecule has 2 nitrogen and oxygen atoms in total. The summed E-state index contributed by atoms with van der Waals surface area (Å²) in [5.41, 5.74) is 0.988. The van der Waals surface area contributed by atoms with E-state index >= 15 is 0 Å². The predicted molar refractivity (Wildman–Crippen MR) is 83.7 cm³/mol. The van der Waals surface area contributed by atoms with Gasteiger partial charge in [-0.2, -0.15) is 0 Å². The van der Waals surface area contributed by atoms with Crippen molar-refractivity contribution >= 4 is 11.0 Å². The number of fused-ring (bicyclic) bond motifs is 1. The van der Waals surface area contributed by atoms with E-state index in [1.807, 2.05) is 12.1 Å². The molecule has 3 rings (SSSR count). The molecule has 1 aromatic heterocycles. The fraction of sp³-hybridized carbons (Fsp3) is 0.556. The highest BCUT2D eigenvalue weighted by atomic mass is 16.3. The minimum absolute atomic E-state index is 0.285. The van der Waals surface area contributed by atoms with Crippen LogP contribution in [0.5, 0.6) is 0 Å². The van der Waals surface area contributed by atoms with Gasteiger partial charge in [0.25, 0.3) is 0 Å². The smallest absolute Gasteiger partial charge is 0.134 e.